The Morgan fingerprint density at radius 1 is 1.22 bits per heavy atom. The van der Waals surface area contributed by atoms with Gasteiger partial charge < -0.3 is 0 Å². The van der Waals surface area contributed by atoms with Crippen LogP contribution in [0.2, 0.25) is 0 Å². The number of hydrogen-bond donors (Lipinski definition) is 0. The second kappa shape index (κ2) is 3.60. The van der Waals surface area contributed by atoms with E-state index in [1.54, 1.807) is 0 Å². The van der Waals surface area contributed by atoms with E-state index in [1.165, 1.54) is 32.1 Å². The number of rotatable bonds is 1. The van der Waals surface area contributed by atoms with E-state index in [4.69, 9.17) is 0 Å². The maximum absolute atomic E-state index is 3.64. The first-order chi connectivity index (χ1) is 4.30. The Hall–Kier alpha value is 0.480. The van der Waals surface area contributed by atoms with Gasteiger partial charge in [0.1, 0.15) is 0 Å². The molecule has 1 rings (SSSR count). The maximum atomic E-state index is 3.64. The average molecular weight is 191 g/mol. The third kappa shape index (κ3) is 2.29. The summed E-state index contributed by atoms with van der Waals surface area (Å²) < 4.78 is 0. The lowest BCUT2D eigenvalue weighted by atomic mass is 9.88. The van der Waals surface area contributed by atoms with Crippen LogP contribution >= 0.6 is 15.9 Å². The van der Waals surface area contributed by atoms with Crippen LogP contribution in [0, 0.1) is 5.92 Å². The molecule has 1 aliphatic carbocycles. The van der Waals surface area contributed by atoms with Crippen LogP contribution in [-0.4, -0.2) is 4.83 Å². The van der Waals surface area contributed by atoms with Crippen LogP contribution in [0.5, 0.6) is 0 Å². The molecule has 0 aromatic rings. The lowest BCUT2D eigenvalue weighted by molar-refractivity contribution is 0.360. The van der Waals surface area contributed by atoms with Gasteiger partial charge in [0.05, 0.1) is 0 Å². The molecule has 1 atom stereocenters. The minimum absolute atomic E-state index is 0.748. The third-order valence-corrected chi connectivity index (χ3v) is 3.05. The molecule has 0 radical (unpaired) electrons. The van der Waals surface area contributed by atoms with E-state index in [0.29, 0.717) is 0 Å². The molecule has 0 amide bonds. The molecule has 0 saturated heterocycles. The van der Waals surface area contributed by atoms with Crippen LogP contribution in [0.1, 0.15) is 39.0 Å². The van der Waals surface area contributed by atoms with Gasteiger partial charge in [0.15, 0.2) is 0 Å². The standard InChI is InChI=1S/C8H15Br/c1-7(9)8-5-3-2-4-6-8/h7-8H,2-6H2,1H3/t7-/m0/s1. The minimum atomic E-state index is 0.748. The number of halogens is 1. The monoisotopic (exact) mass is 190 g/mol. The normalized spacial score (nSPS) is 26.0. The summed E-state index contributed by atoms with van der Waals surface area (Å²) in [5.41, 5.74) is 0. The molecule has 0 N–H and O–H groups in total. The first-order valence-electron chi connectivity index (χ1n) is 3.95. The van der Waals surface area contributed by atoms with Crippen molar-refractivity contribution in [3.05, 3.63) is 0 Å². The summed E-state index contributed by atoms with van der Waals surface area (Å²) in [5, 5.41) is 0. The van der Waals surface area contributed by atoms with Crippen LogP contribution in [0.25, 0.3) is 0 Å². The van der Waals surface area contributed by atoms with Crippen LogP contribution in [-0.2, 0) is 0 Å². The molecule has 1 aliphatic rings. The van der Waals surface area contributed by atoms with E-state index >= 15 is 0 Å². The molecule has 0 aromatic heterocycles. The molecule has 0 unspecified atom stereocenters. The smallest absolute Gasteiger partial charge is 0.0145 e. The second-order valence-electron chi connectivity index (χ2n) is 3.08. The fraction of sp³-hybridized carbons (Fsp3) is 1.00. The predicted octanol–water partition coefficient (Wildman–Crippen LogP) is 3.35. The maximum Gasteiger partial charge on any atom is 0.0145 e. The molecule has 0 aliphatic heterocycles. The first-order valence-corrected chi connectivity index (χ1v) is 4.86. The van der Waals surface area contributed by atoms with Gasteiger partial charge in [-0.3, -0.25) is 0 Å². The molecular formula is C8H15Br. The van der Waals surface area contributed by atoms with E-state index < -0.39 is 0 Å². The summed E-state index contributed by atoms with van der Waals surface area (Å²) in [4.78, 5) is 0.748. The molecule has 0 heterocycles. The highest BCUT2D eigenvalue weighted by Gasteiger charge is 2.16. The summed E-state index contributed by atoms with van der Waals surface area (Å²) in [5.74, 6) is 0.971. The highest BCUT2D eigenvalue weighted by atomic mass is 79.9. The Bertz CT molecular complexity index is 72.6. The molecule has 1 fully saturated rings. The van der Waals surface area contributed by atoms with Crippen molar-refractivity contribution in [1.29, 1.82) is 0 Å². The summed E-state index contributed by atoms with van der Waals surface area (Å²) >= 11 is 3.64. The van der Waals surface area contributed by atoms with E-state index in [9.17, 15) is 0 Å². The van der Waals surface area contributed by atoms with Gasteiger partial charge in [0.25, 0.3) is 0 Å². The topological polar surface area (TPSA) is 0 Å². The molecule has 9 heavy (non-hydrogen) atoms. The molecule has 0 spiro atoms. The van der Waals surface area contributed by atoms with Crippen molar-refractivity contribution >= 4 is 15.9 Å². The average Bonchev–Trinajstić information content (AvgIpc) is 1.90. The summed E-state index contributed by atoms with van der Waals surface area (Å²) in [6.07, 6.45) is 7.29. The van der Waals surface area contributed by atoms with Crippen molar-refractivity contribution < 1.29 is 0 Å². The highest BCUT2D eigenvalue weighted by molar-refractivity contribution is 9.09. The fourth-order valence-corrected chi connectivity index (χ4v) is 2.12. The van der Waals surface area contributed by atoms with E-state index in [0.717, 1.165) is 10.7 Å². The molecule has 1 heteroatoms. The first kappa shape index (κ1) is 7.59. The van der Waals surface area contributed by atoms with E-state index in [1.807, 2.05) is 0 Å². The van der Waals surface area contributed by atoms with Gasteiger partial charge in [0, 0.05) is 4.83 Å². The van der Waals surface area contributed by atoms with Gasteiger partial charge in [-0.1, -0.05) is 42.1 Å². The fourth-order valence-electron chi connectivity index (χ4n) is 1.59. The summed E-state index contributed by atoms with van der Waals surface area (Å²) in [7, 11) is 0. The lowest BCUT2D eigenvalue weighted by Gasteiger charge is -2.23. The zero-order valence-corrected chi connectivity index (χ0v) is 7.65. The number of hydrogen-bond acceptors (Lipinski definition) is 0. The zero-order valence-electron chi connectivity index (χ0n) is 6.07. The molecule has 54 valence electrons. The van der Waals surface area contributed by atoms with Gasteiger partial charge in [-0.2, -0.15) is 0 Å². The molecule has 0 aromatic carbocycles. The lowest BCUT2D eigenvalue weighted by Crippen LogP contribution is -2.14. The second-order valence-corrected chi connectivity index (χ2v) is 4.52. The van der Waals surface area contributed by atoms with Crippen molar-refractivity contribution in [1.82, 2.24) is 0 Å². The van der Waals surface area contributed by atoms with Crippen molar-refractivity contribution in [2.45, 2.75) is 43.9 Å². The largest absolute Gasteiger partial charge is 0.0891 e. The van der Waals surface area contributed by atoms with Gasteiger partial charge >= 0.3 is 0 Å². The Morgan fingerprint density at radius 2 is 1.78 bits per heavy atom. The molecule has 1 saturated carbocycles. The van der Waals surface area contributed by atoms with Crippen molar-refractivity contribution in [3.8, 4) is 0 Å². The quantitative estimate of drug-likeness (QED) is 0.557. The van der Waals surface area contributed by atoms with Gasteiger partial charge in [-0.25, -0.2) is 0 Å². The SMILES string of the molecule is C[C@H](Br)C1CCCCC1. The van der Waals surface area contributed by atoms with E-state index in [-0.39, 0.29) is 0 Å². The van der Waals surface area contributed by atoms with Crippen LogP contribution in [0.15, 0.2) is 0 Å². The molecular weight excluding hydrogens is 176 g/mol. The van der Waals surface area contributed by atoms with Crippen LogP contribution < -0.4 is 0 Å². The number of alkyl halides is 1. The summed E-state index contributed by atoms with van der Waals surface area (Å²) in [6.45, 7) is 2.27. The van der Waals surface area contributed by atoms with Gasteiger partial charge in [-0.15, -0.1) is 0 Å². The zero-order chi connectivity index (χ0) is 6.69. The third-order valence-electron chi connectivity index (χ3n) is 2.30. The predicted molar refractivity (Wildman–Crippen MR) is 45.0 cm³/mol. The van der Waals surface area contributed by atoms with Gasteiger partial charge in [-0.05, 0) is 18.8 Å². The highest BCUT2D eigenvalue weighted by Crippen LogP contribution is 2.29. The van der Waals surface area contributed by atoms with Crippen LogP contribution in [0.3, 0.4) is 0 Å². The van der Waals surface area contributed by atoms with Crippen molar-refractivity contribution in [2.75, 3.05) is 0 Å². The minimum Gasteiger partial charge on any atom is -0.0891 e. The van der Waals surface area contributed by atoms with E-state index in [2.05, 4.69) is 22.9 Å². The Labute approximate surface area is 66.2 Å². The Kier molecular flexibility index (Phi) is 3.03. The van der Waals surface area contributed by atoms with Crippen molar-refractivity contribution in [2.24, 2.45) is 5.92 Å². The van der Waals surface area contributed by atoms with Gasteiger partial charge in [0.2, 0.25) is 0 Å². The Balaban J connectivity index is 2.23. The van der Waals surface area contributed by atoms with Crippen molar-refractivity contribution in [3.63, 3.8) is 0 Å². The molecule has 0 bridgehead atoms. The Morgan fingerprint density at radius 3 is 2.11 bits per heavy atom. The summed E-state index contributed by atoms with van der Waals surface area (Å²) in [6, 6.07) is 0. The van der Waals surface area contributed by atoms with Crippen LogP contribution in [0.4, 0.5) is 0 Å². The molecule has 0 nitrogen and oxygen atoms in total.